The van der Waals surface area contributed by atoms with Crippen LogP contribution in [-0.2, 0) is 19.8 Å². The van der Waals surface area contributed by atoms with Crippen LogP contribution in [-0.4, -0.2) is 43.9 Å². The maximum atomic E-state index is 14.3. The van der Waals surface area contributed by atoms with Crippen molar-refractivity contribution >= 4 is 19.8 Å². The Kier molecular flexibility index (Phi) is 9.56. The number of alkyl halides is 6. The summed E-state index contributed by atoms with van der Waals surface area (Å²) in [5, 5.41) is 0. The number of rotatable bonds is 11. The second-order valence-corrected chi connectivity index (χ2v) is 12.4. The minimum absolute atomic E-state index is 0.00333. The Morgan fingerprint density at radius 2 is 1.35 bits per heavy atom. The zero-order valence-corrected chi connectivity index (χ0v) is 22.2. The molecule has 0 fully saturated rings. The van der Waals surface area contributed by atoms with Gasteiger partial charge in [0.25, 0.3) is 10.0 Å². The van der Waals surface area contributed by atoms with Gasteiger partial charge in [0.05, 0.1) is 9.73 Å². The first kappa shape index (κ1) is 31.0. The molecule has 3 aromatic carbocycles. The smallest absolute Gasteiger partial charge is 0.422 e. The molecular formula is C26H23F6NO5S2. The third-order valence-electron chi connectivity index (χ3n) is 5.23. The van der Waals surface area contributed by atoms with E-state index < -0.39 is 67.6 Å². The van der Waals surface area contributed by atoms with Crippen LogP contribution in [0.4, 0.5) is 26.3 Å². The molecule has 6 nitrogen and oxygen atoms in total. The van der Waals surface area contributed by atoms with Crippen molar-refractivity contribution in [3.8, 4) is 11.5 Å². The molecule has 40 heavy (non-hydrogen) atoms. The van der Waals surface area contributed by atoms with Crippen LogP contribution in [0.5, 0.6) is 11.5 Å². The van der Waals surface area contributed by atoms with E-state index in [0.717, 1.165) is 6.07 Å². The van der Waals surface area contributed by atoms with Crippen molar-refractivity contribution in [2.45, 2.75) is 28.1 Å². The summed E-state index contributed by atoms with van der Waals surface area (Å²) in [6.07, 6.45) is -8.20. The van der Waals surface area contributed by atoms with Crippen LogP contribution < -0.4 is 9.47 Å². The van der Waals surface area contributed by atoms with Crippen molar-refractivity contribution < 1.29 is 48.4 Å². The second-order valence-electron chi connectivity index (χ2n) is 8.34. The van der Waals surface area contributed by atoms with E-state index in [1.807, 2.05) is 0 Å². The van der Waals surface area contributed by atoms with E-state index in [1.54, 1.807) is 36.4 Å². The number of sulfonamides is 1. The highest BCUT2D eigenvalue weighted by Gasteiger charge is 2.32. The zero-order chi connectivity index (χ0) is 29.6. The Bertz CT molecular complexity index is 1530. The minimum atomic E-state index is -5.12. The highest BCUT2D eigenvalue weighted by atomic mass is 32.3. The van der Waals surface area contributed by atoms with Crippen molar-refractivity contribution in [2.75, 3.05) is 19.0 Å². The average Bonchev–Trinajstić information content (AvgIpc) is 2.89. The number of nitrogens with zero attached hydrogens (tertiary/aromatic N) is 1. The van der Waals surface area contributed by atoms with Crippen LogP contribution in [0.25, 0.3) is 0 Å². The molecule has 0 bridgehead atoms. The largest absolute Gasteiger partial charge is 0.484 e. The van der Waals surface area contributed by atoms with E-state index >= 15 is 0 Å². The van der Waals surface area contributed by atoms with Crippen LogP contribution in [0.1, 0.15) is 11.5 Å². The van der Waals surface area contributed by atoms with Gasteiger partial charge in [-0.05, 0) is 29.8 Å². The number of ether oxygens (including phenoxy) is 2. The number of halogens is 6. The Balaban J connectivity index is 2.18. The molecule has 0 spiro atoms. The lowest BCUT2D eigenvalue weighted by Gasteiger charge is -2.18. The Hall–Kier alpha value is -3.52. The summed E-state index contributed by atoms with van der Waals surface area (Å²) in [4.78, 5) is -1.04. The fourth-order valence-corrected chi connectivity index (χ4v) is 7.88. The summed E-state index contributed by atoms with van der Waals surface area (Å²) in [5.41, 5.74) is 0.644. The topological polar surface area (TPSA) is 82.0 Å². The monoisotopic (exact) mass is 607 g/mol. The van der Waals surface area contributed by atoms with E-state index in [1.165, 1.54) is 30.3 Å². The summed E-state index contributed by atoms with van der Waals surface area (Å²) < 4.78 is 131. The predicted molar refractivity (Wildman–Crippen MR) is 136 cm³/mol. The molecule has 1 unspecified atom stereocenters. The van der Waals surface area contributed by atoms with E-state index in [4.69, 9.17) is 0 Å². The number of benzene rings is 3. The molecular weight excluding hydrogens is 584 g/mol. The number of hydrogen-bond acceptors (Lipinski definition) is 5. The molecule has 0 aliphatic heterocycles. The van der Waals surface area contributed by atoms with Gasteiger partial charge in [0.2, 0.25) is 0 Å². The van der Waals surface area contributed by atoms with Crippen molar-refractivity contribution in [3.05, 3.63) is 97.1 Å². The molecule has 0 aliphatic carbocycles. The third kappa shape index (κ3) is 8.74. The lowest BCUT2D eigenvalue weighted by atomic mass is 10.0. The number of hydrogen-bond donors (Lipinski definition) is 0. The molecule has 0 aliphatic rings. The maximum Gasteiger partial charge on any atom is 0.422 e. The molecule has 0 saturated heterocycles. The van der Waals surface area contributed by atoms with Crippen LogP contribution in [0.2, 0.25) is 0 Å². The van der Waals surface area contributed by atoms with Gasteiger partial charge in [-0.2, -0.15) is 34.8 Å². The Morgan fingerprint density at radius 1 is 0.800 bits per heavy atom. The van der Waals surface area contributed by atoms with Gasteiger partial charge in [-0.15, -0.1) is 10.3 Å². The summed E-state index contributed by atoms with van der Waals surface area (Å²) in [6, 6.07) is 17.9. The molecule has 0 aromatic heterocycles. The molecule has 0 radical (unpaired) electrons. The van der Waals surface area contributed by atoms with Gasteiger partial charge in [0, 0.05) is 22.6 Å². The quantitative estimate of drug-likeness (QED) is 0.178. The van der Waals surface area contributed by atoms with Crippen LogP contribution in [0.3, 0.4) is 0 Å². The zero-order valence-electron chi connectivity index (χ0n) is 20.6. The summed E-state index contributed by atoms with van der Waals surface area (Å²) in [5.74, 6) is -2.54. The SMILES string of the molecule is C=C[C@H](CS(=O)(=NS(=O)(=O)c1cc(OCC(F)(F)F)ccc1OCC(F)(F)F)c1ccccc1)c1ccccc1. The first-order valence-electron chi connectivity index (χ1n) is 11.4. The van der Waals surface area contributed by atoms with Gasteiger partial charge in [-0.1, -0.05) is 54.6 Å². The van der Waals surface area contributed by atoms with Crippen LogP contribution in [0, 0.1) is 0 Å². The van der Waals surface area contributed by atoms with Gasteiger partial charge in [0.15, 0.2) is 13.2 Å². The fraction of sp³-hybridized carbons (Fsp3) is 0.231. The molecule has 2 atom stereocenters. The average molecular weight is 608 g/mol. The summed E-state index contributed by atoms with van der Waals surface area (Å²) >= 11 is 0. The van der Waals surface area contributed by atoms with E-state index in [0.29, 0.717) is 17.7 Å². The van der Waals surface area contributed by atoms with E-state index in [2.05, 4.69) is 19.8 Å². The van der Waals surface area contributed by atoms with E-state index in [9.17, 15) is 39.0 Å². The van der Waals surface area contributed by atoms with Crippen LogP contribution in [0.15, 0.2) is 105 Å². The molecule has 0 saturated carbocycles. The summed E-state index contributed by atoms with van der Waals surface area (Å²) in [6.45, 7) is 0.0273. The Morgan fingerprint density at radius 3 is 1.90 bits per heavy atom. The molecule has 3 aromatic rings. The standard InChI is InChI=1S/C26H23F6NO5S2/c1-2-19(20-9-5-3-6-10-20)16-39(34,22-11-7-4-8-12-22)33-40(35,36)24-15-21(37-17-25(27,28)29)13-14-23(24)38-18-26(30,31)32/h2-15,19H,1,16-18H2/t19-,39?/m1/s1. The molecule has 0 N–H and O–H groups in total. The molecule has 14 heteroatoms. The highest BCUT2D eigenvalue weighted by Crippen LogP contribution is 2.34. The Labute approximate surface area is 227 Å². The minimum Gasteiger partial charge on any atom is -0.484 e. The number of allylic oxidation sites excluding steroid dienone is 1. The molecule has 0 amide bonds. The van der Waals surface area contributed by atoms with E-state index in [-0.39, 0.29) is 10.6 Å². The van der Waals surface area contributed by atoms with Crippen LogP contribution >= 0.6 is 0 Å². The van der Waals surface area contributed by atoms with Gasteiger partial charge >= 0.3 is 12.4 Å². The van der Waals surface area contributed by atoms with Crippen molar-refractivity contribution in [1.82, 2.24) is 0 Å². The third-order valence-corrected chi connectivity index (χ3v) is 9.68. The van der Waals surface area contributed by atoms with Gasteiger partial charge in [-0.25, -0.2) is 4.21 Å². The molecule has 0 heterocycles. The highest BCUT2D eigenvalue weighted by molar-refractivity contribution is 8.03. The molecule has 3 rings (SSSR count). The van der Waals surface area contributed by atoms with Crippen molar-refractivity contribution in [2.24, 2.45) is 3.77 Å². The van der Waals surface area contributed by atoms with Crippen molar-refractivity contribution in [1.29, 1.82) is 0 Å². The molecule has 216 valence electrons. The van der Waals surface area contributed by atoms with Gasteiger partial charge in [-0.3, -0.25) is 0 Å². The normalized spacial score (nSPS) is 14.6. The summed E-state index contributed by atoms with van der Waals surface area (Å²) in [7, 11) is -8.99. The fourth-order valence-electron chi connectivity index (χ4n) is 3.47. The van der Waals surface area contributed by atoms with Gasteiger partial charge < -0.3 is 9.47 Å². The lowest BCUT2D eigenvalue weighted by molar-refractivity contribution is -0.154. The maximum absolute atomic E-state index is 14.3. The lowest BCUT2D eigenvalue weighted by Crippen LogP contribution is -2.21. The predicted octanol–water partition coefficient (Wildman–Crippen LogP) is 6.75. The first-order chi connectivity index (χ1) is 18.6. The van der Waals surface area contributed by atoms with Crippen molar-refractivity contribution in [3.63, 3.8) is 0 Å². The first-order valence-corrected chi connectivity index (χ1v) is 14.5. The second kappa shape index (κ2) is 12.3. The van der Waals surface area contributed by atoms with Gasteiger partial charge in [0.1, 0.15) is 16.4 Å².